The van der Waals surface area contributed by atoms with Crippen LogP contribution in [0.15, 0.2) is 42.5 Å². The lowest BCUT2D eigenvalue weighted by atomic mass is 10.1. The number of benzene rings is 2. The molecular formula is C19H18N2O7. The van der Waals surface area contributed by atoms with Gasteiger partial charge in [-0.2, -0.15) is 0 Å². The number of carbonyl (C=O) groups excluding carboxylic acids is 3. The fraction of sp³-hybridized carbons (Fsp3) is 0.211. The number of hydrogen-bond donors (Lipinski definition) is 1. The van der Waals surface area contributed by atoms with Crippen LogP contribution < -0.4 is 10.1 Å². The number of carbonyl (C=O) groups is 3. The van der Waals surface area contributed by atoms with Gasteiger partial charge in [0.05, 0.1) is 10.6 Å². The third-order valence-electron chi connectivity index (χ3n) is 3.67. The first-order valence-corrected chi connectivity index (χ1v) is 8.20. The number of Topliss-reactive ketones (excluding diaryl/α,β-unsaturated/α-hetero) is 1. The van der Waals surface area contributed by atoms with Crippen LogP contribution in [-0.2, 0) is 14.3 Å². The van der Waals surface area contributed by atoms with Crippen molar-refractivity contribution in [2.75, 3.05) is 18.5 Å². The topological polar surface area (TPSA) is 125 Å². The summed E-state index contributed by atoms with van der Waals surface area (Å²) in [5, 5.41) is 13.3. The third-order valence-corrected chi connectivity index (χ3v) is 3.67. The average molecular weight is 386 g/mol. The monoisotopic (exact) mass is 386 g/mol. The number of aryl methyl sites for hydroxylation is 1. The molecule has 146 valence electrons. The van der Waals surface area contributed by atoms with E-state index in [0.29, 0.717) is 16.9 Å². The quantitative estimate of drug-likeness (QED) is 0.320. The minimum atomic E-state index is -0.779. The van der Waals surface area contributed by atoms with E-state index in [1.165, 1.54) is 31.2 Å². The van der Waals surface area contributed by atoms with Crippen LogP contribution in [0.3, 0.4) is 0 Å². The number of non-ortho nitro benzene ring substituents is 1. The van der Waals surface area contributed by atoms with Crippen LogP contribution in [0, 0.1) is 17.0 Å². The summed E-state index contributed by atoms with van der Waals surface area (Å²) in [6, 6.07) is 10.4. The second-order valence-electron chi connectivity index (χ2n) is 5.84. The molecule has 0 fully saturated rings. The van der Waals surface area contributed by atoms with Gasteiger partial charge in [0, 0.05) is 17.7 Å². The number of amides is 1. The molecule has 1 amide bonds. The molecule has 0 saturated heterocycles. The van der Waals surface area contributed by atoms with Crippen LogP contribution in [0.1, 0.15) is 22.8 Å². The molecular weight excluding hydrogens is 368 g/mol. The van der Waals surface area contributed by atoms with Crippen molar-refractivity contribution in [1.82, 2.24) is 0 Å². The predicted molar refractivity (Wildman–Crippen MR) is 99.4 cm³/mol. The molecule has 0 saturated carbocycles. The highest BCUT2D eigenvalue weighted by Gasteiger charge is 2.13. The highest BCUT2D eigenvalue weighted by atomic mass is 16.6. The molecule has 28 heavy (non-hydrogen) atoms. The number of esters is 1. The molecule has 0 unspecified atom stereocenters. The number of hydrogen-bond acceptors (Lipinski definition) is 7. The van der Waals surface area contributed by atoms with E-state index in [1.54, 1.807) is 25.1 Å². The summed E-state index contributed by atoms with van der Waals surface area (Å²) in [5.41, 5.74) is 1.16. The number of anilines is 1. The highest BCUT2D eigenvalue weighted by Crippen LogP contribution is 2.21. The van der Waals surface area contributed by atoms with Gasteiger partial charge in [0.25, 0.3) is 11.6 Å². The lowest BCUT2D eigenvalue weighted by Crippen LogP contribution is -2.24. The number of nitrogens with one attached hydrogen (secondary N) is 1. The van der Waals surface area contributed by atoms with Crippen molar-refractivity contribution < 1.29 is 28.8 Å². The van der Waals surface area contributed by atoms with Crippen molar-refractivity contribution in [1.29, 1.82) is 0 Å². The van der Waals surface area contributed by atoms with E-state index in [9.17, 15) is 24.5 Å². The van der Waals surface area contributed by atoms with Gasteiger partial charge in [0.1, 0.15) is 5.75 Å². The average Bonchev–Trinajstić information content (AvgIpc) is 2.66. The molecule has 9 heteroatoms. The summed E-state index contributed by atoms with van der Waals surface area (Å²) in [6.45, 7) is 2.08. The Balaban J connectivity index is 1.83. The van der Waals surface area contributed by atoms with Crippen molar-refractivity contribution in [3.8, 4) is 5.75 Å². The smallest absolute Gasteiger partial charge is 0.344 e. The SMILES string of the molecule is CC(=O)c1cccc(OCC(=O)OCC(=O)Nc2cc([N+](=O)[O-])ccc2C)c1. The van der Waals surface area contributed by atoms with E-state index in [1.807, 2.05) is 0 Å². The predicted octanol–water partition coefficient (Wildman–Crippen LogP) is 2.67. The summed E-state index contributed by atoms with van der Waals surface area (Å²) in [7, 11) is 0. The van der Waals surface area contributed by atoms with Gasteiger partial charge in [-0.15, -0.1) is 0 Å². The van der Waals surface area contributed by atoms with E-state index in [-0.39, 0.29) is 17.2 Å². The largest absolute Gasteiger partial charge is 0.482 e. The number of nitrogens with zero attached hydrogens (tertiary/aromatic N) is 1. The van der Waals surface area contributed by atoms with Crippen LogP contribution in [0.4, 0.5) is 11.4 Å². The Morgan fingerprint density at radius 2 is 1.86 bits per heavy atom. The maximum absolute atomic E-state index is 11.9. The van der Waals surface area contributed by atoms with E-state index < -0.39 is 30.0 Å². The van der Waals surface area contributed by atoms with Gasteiger partial charge in [-0.25, -0.2) is 4.79 Å². The molecule has 0 bridgehead atoms. The Kier molecular flexibility index (Phi) is 6.80. The Labute approximate surface area is 160 Å². The highest BCUT2D eigenvalue weighted by molar-refractivity contribution is 5.94. The minimum Gasteiger partial charge on any atom is -0.482 e. The Morgan fingerprint density at radius 1 is 1.11 bits per heavy atom. The van der Waals surface area contributed by atoms with Crippen LogP contribution in [0.25, 0.3) is 0 Å². The first-order chi connectivity index (χ1) is 13.3. The summed E-state index contributed by atoms with van der Waals surface area (Å²) >= 11 is 0. The zero-order valence-corrected chi connectivity index (χ0v) is 15.3. The van der Waals surface area contributed by atoms with Gasteiger partial charge in [0.15, 0.2) is 19.0 Å². The number of rotatable bonds is 8. The molecule has 0 spiro atoms. The number of nitro benzene ring substituents is 1. The second kappa shape index (κ2) is 9.26. The van der Waals surface area contributed by atoms with Gasteiger partial charge >= 0.3 is 5.97 Å². The van der Waals surface area contributed by atoms with E-state index in [2.05, 4.69) is 5.32 Å². The fourth-order valence-corrected chi connectivity index (χ4v) is 2.18. The molecule has 0 aliphatic rings. The van der Waals surface area contributed by atoms with Crippen LogP contribution in [-0.4, -0.2) is 35.8 Å². The molecule has 0 heterocycles. The maximum atomic E-state index is 11.9. The molecule has 1 N–H and O–H groups in total. The third kappa shape index (κ3) is 5.90. The van der Waals surface area contributed by atoms with Crippen molar-refractivity contribution in [3.05, 3.63) is 63.7 Å². The summed E-state index contributed by atoms with van der Waals surface area (Å²) in [4.78, 5) is 45.2. The van der Waals surface area contributed by atoms with Crippen molar-refractivity contribution >= 4 is 29.0 Å². The number of ether oxygens (including phenoxy) is 2. The normalized spacial score (nSPS) is 10.1. The maximum Gasteiger partial charge on any atom is 0.344 e. The molecule has 2 aromatic rings. The Bertz CT molecular complexity index is 924. The molecule has 0 aromatic heterocycles. The van der Waals surface area contributed by atoms with E-state index in [4.69, 9.17) is 9.47 Å². The molecule has 2 aromatic carbocycles. The zero-order valence-electron chi connectivity index (χ0n) is 15.3. The van der Waals surface area contributed by atoms with Gasteiger partial charge < -0.3 is 14.8 Å². The second-order valence-corrected chi connectivity index (χ2v) is 5.84. The van der Waals surface area contributed by atoms with Crippen molar-refractivity contribution in [2.24, 2.45) is 0 Å². The van der Waals surface area contributed by atoms with Gasteiger partial charge in [0.2, 0.25) is 0 Å². The van der Waals surface area contributed by atoms with Crippen molar-refractivity contribution in [2.45, 2.75) is 13.8 Å². The van der Waals surface area contributed by atoms with E-state index >= 15 is 0 Å². The summed E-state index contributed by atoms with van der Waals surface area (Å²) < 4.78 is 10.1. The van der Waals surface area contributed by atoms with Gasteiger partial charge in [-0.1, -0.05) is 18.2 Å². The number of ketones is 1. The summed E-state index contributed by atoms with van der Waals surface area (Å²) in [5.74, 6) is -1.24. The molecule has 9 nitrogen and oxygen atoms in total. The van der Waals surface area contributed by atoms with Crippen LogP contribution in [0.2, 0.25) is 0 Å². The zero-order chi connectivity index (χ0) is 20.7. The fourth-order valence-electron chi connectivity index (χ4n) is 2.18. The van der Waals surface area contributed by atoms with Crippen LogP contribution >= 0.6 is 0 Å². The minimum absolute atomic E-state index is 0.138. The van der Waals surface area contributed by atoms with Gasteiger partial charge in [-0.3, -0.25) is 19.7 Å². The summed E-state index contributed by atoms with van der Waals surface area (Å²) in [6.07, 6.45) is 0. The molecule has 0 atom stereocenters. The molecule has 0 aliphatic heterocycles. The first-order valence-electron chi connectivity index (χ1n) is 8.20. The molecule has 0 aliphatic carbocycles. The Hall–Kier alpha value is -3.75. The van der Waals surface area contributed by atoms with E-state index in [0.717, 1.165) is 0 Å². The van der Waals surface area contributed by atoms with Crippen molar-refractivity contribution in [3.63, 3.8) is 0 Å². The lowest BCUT2D eigenvalue weighted by Gasteiger charge is -2.10. The standard InChI is InChI=1S/C19H18N2O7/c1-12-6-7-15(21(25)26)9-17(12)20-18(23)10-28-19(24)11-27-16-5-3-4-14(8-16)13(2)22/h3-9H,10-11H2,1-2H3,(H,20,23). The Morgan fingerprint density at radius 3 is 2.54 bits per heavy atom. The molecule has 2 rings (SSSR count). The van der Waals surface area contributed by atoms with Crippen LogP contribution in [0.5, 0.6) is 5.75 Å². The first kappa shape index (κ1) is 20.6. The van der Waals surface area contributed by atoms with Gasteiger partial charge in [-0.05, 0) is 31.5 Å². The molecule has 0 radical (unpaired) electrons. The lowest BCUT2D eigenvalue weighted by molar-refractivity contribution is -0.384. The number of nitro groups is 1.